The van der Waals surface area contributed by atoms with E-state index < -0.39 is 0 Å². The number of anilines is 1. The van der Waals surface area contributed by atoms with E-state index >= 15 is 0 Å². The van der Waals surface area contributed by atoms with Crippen LogP contribution in [0, 0.1) is 0 Å². The molecule has 5 heteroatoms. The minimum absolute atomic E-state index is 0.735. The molecule has 0 amide bonds. The zero-order valence-electron chi connectivity index (χ0n) is 8.81. The number of nitrogens with zero attached hydrogens (tertiary/aromatic N) is 3. The predicted molar refractivity (Wildman–Crippen MR) is 62.7 cm³/mol. The van der Waals surface area contributed by atoms with Gasteiger partial charge < -0.3 is 5.73 Å². The van der Waals surface area contributed by atoms with E-state index in [9.17, 15) is 0 Å². The van der Waals surface area contributed by atoms with Crippen LogP contribution in [0.25, 0.3) is 22.2 Å². The molecule has 3 aromatic rings. The van der Waals surface area contributed by atoms with Gasteiger partial charge in [0.15, 0.2) is 0 Å². The van der Waals surface area contributed by atoms with E-state index in [1.165, 1.54) is 0 Å². The van der Waals surface area contributed by atoms with Gasteiger partial charge in [0.1, 0.15) is 5.69 Å². The lowest BCUT2D eigenvalue weighted by Gasteiger charge is -1.94. The second kappa shape index (κ2) is 3.10. The van der Waals surface area contributed by atoms with Gasteiger partial charge in [-0.15, -0.1) is 0 Å². The highest BCUT2D eigenvalue weighted by molar-refractivity contribution is 5.94. The SMILES string of the molecule is Cn1cc(-c2n[nH]c3ccc(N)cc23)cn1. The summed E-state index contributed by atoms with van der Waals surface area (Å²) in [6, 6.07) is 5.70. The van der Waals surface area contributed by atoms with Crippen molar-refractivity contribution in [2.24, 2.45) is 7.05 Å². The summed E-state index contributed by atoms with van der Waals surface area (Å²) in [7, 11) is 1.88. The van der Waals surface area contributed by atoms with Crippen LogP contribution in [0.15, 0.2) is 30.6 Å². The van der Waals surface area contributed by atoms with Crippen molar-refractivity contribution in [3.05, 3.63) is 30.6 Å². The number of aromatic amines is 1. The lowest BCUT2D eigenvalue weighted by atomic mass is 10.1. The molecular formula is C11H11N5. The Morgan fingerprint density at radius 3 is 3.00 bits per heavy atom. The highest BCUT2D eigenvalue weighted by Crippen LogP contribution is 2.26. The van der Waals surface area contributed by atoms with E-state index in [0.29, 0.717) is 0 Å². The Balaban J connectivity index is 2.27. The van der Waals surface area contributed by atoms with Gasteiger partial charge in [-0.3, -0.25) is 9.78 Å². The molecule has 2 heterocycles. The molecule has 0 unspecified atom stereocenters. The molecule has 1 aromatic carbocycles. The number of nitrogens with two attached hydrogens (primary N) is 1. The first-order chi connectivity index (χ1) is 7.74. The summed E-state index contributed by atoms with van der Waals surface area (Å²) in [6.07, 6.45) is 3.72. The predicted octanol–water partition coefficient (Wildman–Crippen LogP) is 1.55. The monoisotopic (exact) mass is 213 g/mol. The second-order valence-corrected chi connectivity index (χ2v) is 3.78. The summed E-state index contributed by atoms with van der Waals surface area (Å²) >= 11 is 0. The topological polar surface area (TPSA) is 72.5 Å². The van der Waals surface area contributed by atoms with Crippen LogP contribution < -0.4 is 5.73 Å². The molecule has 3 N–H and O–H groups in total. The standard InChI is InChI=1S/C11H11N5/c1-16-6-7(5-13-16)11-9-4-8(12)2-3-10(9)14-15-11/h2-6H,12H2,1H3,(H,14,15). The molecule has 0 saturated heterocycles. The Morgan fingerprint density at radius 1 is 1.38 bits per heavy atom. The molecule has 0 aliphatic heterocycles. The molecule has 5 nitrogen and oxygen atoms in total. The van der Waals surface area contributed by atoms with Crippen LogP contribution in [0.2, 0.25) is 0 Å². The highest BCUT2D eigenvalue weighted by atomic mass is 15.2. The smallest absolute Gasteiger partial charge is 0.103 e. The van der Waals surface area contributed by atoms with Gasteiger partial charge in [0.2, 0.25) is 0 Å². The zero-order chi connectivity index (χ0) is 11.1. The molecule has 0 radical (unpaired) electrons. The molecule has 0 saturated carbocycles. The fourth-order valence-electron chi connectivity index (χ4n) is 1.80. The van der Waals surface area contributed by atoms with Gasteiger partial charge in [0.25, 0.3) is 0 Å². The first kappa shape index (κ1) is 8.96. The Hall–Kier alpha value is -2.30. The number of nitrogen functional groups attached to an aromatic ring is 1. The van der Waals surface area contributed by atoms with Gasteiger partial charge in [-0.2, -0.15) is 10.2 Å². The number of rotatable bonds is 1. The maximum Gasteiger partial charge on any atom is 0.103 e. The highest BCUT2D eigenvalue weighted by Gasteiger charge is 2.09. The van der Waals surface area contributed by atoms with E-state index in [2.05, 4.69) is 15.3 Å². The molecule has 0 aliphatic carbocycles. The second-order valence-electron chi connectivity index (χ2n) is 3.78. The van der Waals surface area contributed by atoms with Gasteiger partial charge in [0, 0.05) is 29.9 Å². The third-order valence-electron chi connectivity index (χ3n) is 2.57. The third-order valence-corrected chi connectivity index (χ3v) is 2.57. The van der Waals surface area contributed by atoms with Crippen molar-refractivity contribution in [3.63, 3.8) is 0 Å². The number of aryl methyl sites for hydroxylation is 1. The number of H-pyrrole nitrogens is 1. The number of benzene rings is 1. The molecule has 0 bridgehead atoms. The number of nitrogens with one attached hydrogen (secondary N) is 1. The fourth-order valence-corrected chi connectivity index (χ4v) is 1.80. The molecule has 16 heavy (non-hydrogen) atoms. The number of aromatic nitrogens is 4. The molecular weight excluding hydrogens is 202 g/mol. The van der Waals surface area contributed by atoms with Crippen molar-refractivity contribution < 1.29 is 0 Å². The summed E-state index contributed by atoms with van der Waals surface area (Å²) in [5.74, 6) is 0. The first-order valence-electron chi connectivity index (χ1n) is 4.96. The Labute approximate surface area is 91.9 Å². The molecule has 0 aliphatic rings. The van der Waals surface area contributed by atoms with Crippen LogP contribution in [0.3, 0.4) is 0 Å². The molecule has 3 rings (SSSR count). The molecule has 80 valence electrons. The maximum atomic E-state index is 5.77. The Morgan fingerprint density at radius 2 is 2.25 bits per heavy atom. The average molecular weight is 213 g/mol. The zero-order valence-corrected chi connectivity index (χ0v) is 8.81. The summed E-state index contributed by atoms with van der Waals surface area (Å²) < 4.78 is 1.75. The van der Waals surface area contributed by atoms with Crippen molar-refractivity contribution >= 4 is 16.6 Å². The number of fused-ring (bicyclic) bond motifs is 1. The van der Waals surface area contributed by atoms with Crippen molar-refractivity contribution in [3.8, 4) is 11.3 Å². The fraction of sp³-hybridized carbons (Fsp3) is 0.0909. The van der Waals surface area contributed by atoms with Crippen molar-refractivity contribution in [2.45, 2.75) is 0 Å². The van der Waals surface area contributed by atoms with Gasteiger partial charge in [-0.25, -0.2) is 0 Å². The van der Waals surface area contributed by atoms with Gasteiger partial charge in [0.05, 0.1) is 11.7 Å². The maximum absolute atomic E-state index is 5.77. The Bertz CT molecular complexity index is 649. The van der Waals surface area contributed by atoms with Gasteiger partial charge in [-0.1, -0.05) is 0 Å². The van der Waals surface area contributed by atoms with Crippen LogP contribution in [0.4, 0.5) is 5.69 Å². The van der Waals surface area contributed by atoms with E-state index in [1.54, 1.807) is 10.9 Å². The molecule has 0 atom stereocenters. The quantitative estimate of drug-likeness (QED) is 0.602. The lowest BCUT2D eigenvalue weighted by Crippen LogP contribution is -1.84. The van der Waals surface area contributed by atoms with E-state index in [1.807, 2.05) is 31.4 Å². The summed E-state index contributed by atoms with van der Waals surface area (Å²) in [6.45, 7) is 0. The summed E-state index contributed by atoms with van der Waals surface area (Å²) in [5, 5.41) is 12.4. The first-order valence-corrected chi connectivity index (χ1v) is 4.96. The van der Waals surface area contributed by atoms with E-state index in [-0.39, 0.29) is 0 Å². The molecule has 0 fully saturated rings. The average Bonchev–Trinajstić information content (AvgIpc) is 2.83. The third kappa shape index (κ3) is 1.25. The van der Waals surface area contributed by atoms with Crippen LogP contribution >= 0.6 is 0 Å². The minimum atomic E-state index is 0.735. The lowest BCUT2D eigenvalue weighted by molar-refractivity contribution is 0.768. The minimum Gasteiger partial charge on any atom is -0.399 e. The number of hydrogen-bond acceptors (Lipinski definition) is 3. The molecule has 0 spiro atoms. The molecule has 2 aromatic heterocycles. The van der Waals surface area contributed by atoms with Crippen LogP contribution in [-0.4, -0.2) is 20.0 Å². The van der Waals surface area contributed by atoms with Crippen molar-refractivity contribution in [1.82, 2.24) is 20.0 Å². The van der Waals surface area contributed by atoms with E-state index in [0.717, 1.165) is 27.8 Å². The van der Waals surface area contributed by atoms with Crippen LogP contribution in [0.1, 0.15) is 0 Å². The van der Waals surface area contributed by atoms with Gasteiger partial charge in [-0.05, 0) is 18.2 Å². The summed E-state index contributed by atoms with van der Waals surface area (Å²) in [5.41, 5.74) is 9.36. The van der Waals surface area contributed by atoms with Crippen molar-refractivity contribution in [2.75, 3.05) is 5.73 Å². The normalized spacial score (nSPS) is 11.1. The number of hydrogen-bond donors (Lipinski definition) is 2. The van der Waals surface area contributed by atoms with Crippen LogP contribution in [0.5, 0.6) is 0 Å². The van der Waals surface area contributed by atoms with E-state index in [4.69, 9.17) is 5.73 Å². The summed E-state index contributed by atoms with van der Waals surface area (Å²) in [4.78, 5) is 0. The van der Waals surface area contributed by atoms with Gasteiger partial charge >= 0.3 is 0 Å². The van der Waals surface area contributed by atoms with Crippen LogP contribution in [-0.2, 0) is 7.05 Å². The largest absolute Gasteiger partial charge is 0.399 e. The van der Waals surface area contributed by atoms with Crippen molar-refractivity contribution in [1.29, 1.82) is 0 Å². The Kier molecular flexibility index (Phi) is 1.73.